The van der Waals surface area contributed by atoms with Gasteiger partial charge < -0.3 is 14.6 Å². The highest BCUT2D eigenvalue weighted by Crippen LogP contribution is 2.43. The van der Waals surface area contributed by atoms with Crippen LogP contribution in [0.5, 0.6) is 11.5 Å². The third-order valence-corrected chi connectivity index (χ3v) is 4.74. The van der Waals surface area contributed by atoms with Gasteiger partial charge in [-0.25, -0.2) is 4.79 Å². The average Bonchev–Trinajstić information content (AvgIpc) is 3.04. The minimum Gasteiger partial charge on any atom is -0.504 e. The van der Waals surface area contributed by atoms with Crippen LogP contribution in [0.4, 0.5) is 5.69 Å². The smallest absolute Gasteiger partial charge is 0.336 e. The number of ether oxygens (including phenoxy) is 2. The summed E-state index contributed by atoms with van der Waals surface area (Å²) in [4.78, 5) is 26.9. The van der Waals surface area contributed by atoms with Crippen LogP contribution in [0.1, 0.15) is 17.9 Å². The number of aromatic hydroxyl groups is 1. The number of nitrogens with zero attached hydrogens (tertiary/aromatic N) is 1. The number of amides is 1. The van der Waals surface area contributed by atoms with Gasteiger partial charge in [0.1, 0.15) is 6.61 Å². The molecule has 0 aliphatic carbocycles. The standard InChI is InChI=1S/C20H17NO5/c1-25-17-9-12(7-8-16(17)22)14-10-18(23)21(13-5-3-2-4-6-13)15-11-26-20(24)19(14)15/h2-9,14,22H,10-11H2,1H3. The Kier molecular flexibility index (Phi) is 3.88. The Morgan fingerprint density at radius 3 is 2.65 bits per heavy atom. The lowest BCUT2D eigenvalue weighted by Crippen LogP contribution is -2.37. The van der Waals surface area contributed by atoms with Gasteiger partial charge in [-0.2, -0.15) is 0 Å². The predicted octanol–water partition coefficient (Wildman–Crippen LogP) is 2.73. The van der Waals surface area contributed by atoms with Crippen molar-refractivity contribution in [1.82, 2.24) is 0 Å². The Morgan fingerprint density at radius 2 is 1.92 bits per heavy atom. The minimum absolute atomic E-state index is 0.00694. The maximum absolute atomic E-state index is 12.9. The molecule has 2 aromatic rings. The molecule has 4 rings (SSSR count). The van der Waals surface area contributed by atoms with E-state index in [0.29, 0.717) is 22.7 Å². The van der Waals surface area contributed by atoms with Crippen molar-refractivity contribution >= 4 is 17.6 Å². The molecule has 1 atom stereocenters. The first kappa shape index (κ1) is 16.2. The number of hydrogen-bond donors (Lipinski definition) is 1. The molecule has 0 fully saturated rings. The summed E-state index contributed by atoms with van der Waals surface area (Å²) in [5.41, 5.74) is 2.51. The lowest BCUT2D eigenvalue weighted by Gasteiger charge is -2.32. The maximum atomic E-state index is 12.9. The summed E-state index contributed by atoms with van der Waals surface area (Å²) < 4.78 is 10.4. The second-order valence-electron chi connectivity index (χ2n) is 6.19. The monoisotopic (exact) mass is 351 g/mol. The third kappa shape index (κ3) is 2.50. The maximum Gasteiger partial charge on any atom is 0.336 e. The number of para-hydroxylation sites is 1. The highest BCUT2D eigenvalue weighted by Gasteiger charge is 2.43. The highest BCUT2D eigenvalue weighted by atomic mass is 16.5. The summed E-state index contributed by atoms with van der Waals surface area (Å²) in [7, 11) is 1.45. The second-order valence-corrected chi connectivity index (χ2v) is 6.19. The van der Waals surface area contributed by atoms with Crippen molar-refractivity contribution < 1.29 is 24.2 Å². The number of benzene rings is 2. The molecule has 2 aliphatic rings. The molecule has 1 unspecified atom stereocenters. The molecule has 6 heteroatoms. The zero-order chi connectivity index (χ0) is 18.3. The van der Waals surface area contributed by atoms with Gasteiger partial charge in [-0.05, 0) is 29.8 Å². The number of rotatable bonds is 3. The number of phenols is 1. The van der Waals surface area contributed by atoms with Crippen molar-refractivity contribution in [3.63, 3.8) is 0 Å². The van der Waals surface area contributed by atoms with Gasteiger partial charge in [0, 0.05) is 18.0 Å². The fourth-order valence-electron chi connectivity index (χ4n) is 3.53. The second kappa shape index (κ2) is 6.22. The van der Waals surface area contributed by atoms with E-state index in [9.17, 15) is 14.7 Å². The van der Waals surface area contributed by atoms with E-state index in [1.54, 1.807) is 17.0 Å². The van der Waals surface area contributed by atoms with Gasteiger partial charge >= 0.3 is 5.97 Å². The largest absolute Gasteiger partial charge is 0.504 e. The molecule has 0 radical (unpaired) electrons. The van der Waals surface area contributed by atoms with E-state index in [2.05, 4.69) is 0 Å². The summed E-state index contributed by atoms with van der Waals surface area (Å²) in [5, 5.41) is 9.81. The first-order chi connectivity index (χ1) is 12.6. The van der Waals surface area contributed by atoms with E-state index in [4.69, 9.17) is 9.47 Å². The summed E-state index contributed by atoms with van der Waals surface area (Å²) in [5.74, 6) is -0.640. The number of cyclic esters (lactones) is 1. The van der Waals surface area contributed by atoms with Gasteiger partial charge in [0.25, 0.3) is 0 Å². The third-order valence-electron chi connectivity index (χ3n) is 4.74. The van der Waals surface area contributed by atoms with Gasteiger partial charge in [-0.1, -0.05) is 24.3 Å². The molecular formula is C20H17NO5. The first-order valence-electron chi connectivity index (χ1n) is 8.25. The molecule has 6 nitrogen and oxygen atoms in total. The van der Waals surface area contributed by atoms with E-state index in [1.165, 1.54) is 13.2 Å². The molecular weight excluding hydrogens is 334 g/mol. The van der Waals surface area contributed by atoms with Gasteiger partial charge in [-0.3, -0.25) is 9.69 Å². The number of hydrogen-bond acceptors (Lipinski definition) is 5. The molecule has 2 aliphatic heterocycles. The van der Waals surface area contributed by atoms with Crippen molar-refractivity contribution in [3.05, 3.63) is 65.4 Å². The zero-order valence-electron chi connectivity index (χ0n) is 14.1. The Morgan fingerprint density at radius 1 is 1.15 bits per heavy atom. The van der Waals surface area contributed by atoms with Crippen molar-refractivity contribution in [3.8, 4) is 11.5 Å². The van der Waals surface area contributed by atoms with Crippen molar-refractivity contribution in [2.45, 2.75) is 12.3 Å². The van der Waals surface area contributed by atoms with Crippen LogP contribution in [0.3, 0.4) is 0 Å². The Hall–Kier alpha value is -3.28. The van der Waals surface area contributed by atoms with Crippen LogP contribution >= 0.6 is 0 Å². The molecule has 0 spiro atoms. The van der Waals surface area contributed by atoms with Gasteiger partial charge in [0.05, 0.1) is 18.4 Å². The summed E-state index contributed by atoms with van der Waals surface area (Å²) in [6, 6.07) is 14.1. The molecule has 26 heavy (non-hydrogen) atoms. The summed E-state index contributed by atoms with van der Waals surface area (Å²) >= 11 is 0. The van der Waals surface area contributed by atoms with Crippen LogP contribution in [-0.2, 0) is 14.3 Å². The molecule has 0 bridgehead atoms. The van der Waals surface area contributed by atoms with Crippen molar-refractivity contribution in [1.29, 1.82) is 0 Å². The molecule has 1 amide bonds. The molecule has 1 N–H and O–H groups in total. The fraction of sp³-hybridized carbons (Fsp3) is 0.200. The Labute approximate surface area is 150 Å². The van der Waals surface area contributed by atoms with Crippen LogP contribution in [-0.4, -0.2) is 30.7 Å². The molecule has 0 aromatic heterocycles. The number of phenolic OH excluding ortho intramolecular Hbond substituents is 1. The fourth-order valence-corrected chi connectivity index (χ4v) is 3.53. The molecule has 2 aromatic carbocycles. The van der Waals surface area contributed by atoms with Crippen LogP contribution in [0.25, 0.3) is 0 Å². The van der Waals surface area contributed by atoms with E-state index >= 15 is 0 Å². The van der Waals surface area contributed by atoms with Gasteiger partial charge in [-0.15, -0.1) is 0 Å². The normalized spacial score (nSPS) is 19.4. The number of anilines is 1. The van der Waals surface area contributed by atoms with E-state index in [1.807, 2.05) is 30.3 Å². The number of esters is 1. The number of methoxy groups -OCH3 is 1. The Bertz CT molecular complexity index is 919. The predicted molar refractivity (Wildman–Crippen MR) is 93.9 cm³/mol. The number of carbonyl (C=O) groups excluding carboxylic acids is 2. The minimum atomic E-state index is -0.429. The van der Waals surface area contributed by atoms with E-state index in [0.717, 1.165) is 5.56 Å². The highest BCUT2D eigenvalue weighted by molar-refractivity contribution is 6.06. The zero-order valence-corrected chi connectivity index (χ0v) is 14.1. The summed E-state index contributed by atoms with van der Waals surface area (Å²) in [6.07, 6.45) is 0.136. The van der Waals surface area contributed by atoms with Gasteiger partial charge in [0.2, 0.25) is 5.91 Å². The van der Waals surface area contributed by atoms with Gasteiger partial charge in [0.15, 0.2) is 11.5 Å². The van der Waals surface area contributed by atoms with E-state index < -0.39 is 11.9 Å². The molecule has 0 saturated carbocycles. The lowest BCUT2D eigenvalue weighted by molar-refractivity contribution is -0.136. The molecule has 132 valence electrons. The average molecular weight is 351 g/mol. The SMILES string of the molecule is COc1cc(C2CC(=O)N(c3ccccc3)C3=C2C(=O)OC3)ccc1O. The molecule has 0 saturated heterocycles. The molecule has 2 heterocycles. The van der Waals surface area contributed by atoms with Crippen molar-refractivity contribution in [2.24, 2.45) is 0 Å². The first-order valence-corrected chi connectivity index (χ1v) is 8.25. The van der Waals surface area contributed by atoms with Crippen LogP contribution in [0.2, 0.25) is 0 Å². The van der Waals surface area contributed by atoms with Crippen LogP contribution in [0, 0.1) is 0 Å². The van der Waals surface area contributed by atoms with E-state index in [-0.39, 0.29) is 24.7 Å². The quantitative estimate of drug-likeness (QED) is 0.861. The topological polar surface area (TPSA) is 76.1 Å². The van der Waals surface area contributed by atoms with Crippen LogP contribution < -0.4 is 9.64 Å². The Balaban J connectivity index is 1.83. The van der Waals surface area contributed by atoms with Crippen molar-refractivity contribution in [2.75, 3.05) is 18.6 Å². The number of carbonyl (C=O) groups is 2. The van der Waals surface area contributed by atoms with Crippen LogP contribution in [0.15, 0.2) is 59.8 Å². The summed E-state index contributed by atoms with van der Waals surface area (Å²) in [6.45, 7) is 0.0700. The lowest BCUT2D eigenvalue weighted by atomic mass is 9.84.